The number of carbonyl (C=O) groups is 1. The Hall–Kier alpha value is -5.15. The minimum Gasteiger partial charge on any atom is -0.480 e. The first-order valence-electron chi connectivity index (χ1n) is 12.7. The molecule has 0 saturated heterocycles. The summed E-state index contributed by atoms with van der Waals surface area (Å²) in [7, 11) is 3.05. The van der Waals surface area contributed by atoms with E-state index in [4.69, 9.17) is 23.6 Å². The number of methoxy groups -OCH3 is 2. The lowest BCUT2D eigenvalue weighted by Gasteiger charge is -2.12. The van der Waals surface area contributed by atoms with Crippen LogP contribution in [-0.4, -0.2) is 70.1 Å². The average molecular weight is 591 g/mol. The first-order chi connectivity index (χ1) is 20.5. The van der Waals surface area contributed by atoms with Crippen LogP contribution in [0, 0.1) is 0 Å². The third-order valence-corrected chi connectivity index (χ3v) is 6.69. The predicted molar refractivity (Wildman–Crippen MR) is 155 cm³/mol. The Morgan fingerprint density at radius 1 is 1.05 bits per heavy atom. The minimum atomic E-state index is -0.711. The smallest absolute Gasteiger partial charge is 0.434 e. The fourth-order valence-electron chi connectivity index (χ4n) is 3.96. The van der Waals surface area contributed by atoms with Gasteiger partial charge in [-0.15, -0.1) is 16.4 Å². The van der Waals surface area contributed by atoms with E-state index in [9.17, 15) is 9.59 Å². The van der Waals surface area contributed by atoms with Crippen LogP contribution in [0.1, 0.15) is 6.92 Å². The lowest BCUT2D eigenvalue weighted by atomic mass is 10.0. The Bertz CT molecular complexity index is 1750. The molecule has 0 aliphatic rings. The summed E-state index contributed by atoms with van der Waals surface area (Å²) < 4.78 is 21.4. The van der Waals surface area contributed by atoms with Crippen LogP contribution in [0.15, 0.2) is 57.4 Å². The number of hydrogen-bond acceptors (Lipinski definition) is 12. The van der Waals surface area contributed by atoms with Gasteiger partial charge in [-0.2, -0.15) is 0 Å². The van der Waals surface area contributed by atoms with Crippen molar-refractivity contribution in [1.29, 1.82) is 0 Å². The summed E-state index contributed by atoms with van der Waals surface area (Å²) in [5.41, 5.74) is 3.66. The van der Waals surface area contributed by atoms with Crippen LogP contribution in [0.3, 0.4) is 0 Å². The summed E-state index contributed by atoms with van der Waals surface area (Å²) in [6.45, 7) is 3.03. The molecule has 216 valence electrons. The molecule has 0 radical (unpaired) electrons. The average Bonchev–Trinajstić information content (AvgIpc) is 3.67. The van der Waals surface area contributed by atoms with Crippen molar-refractivity contribution in [3.05, 3.63) is 58.8 Å². The van der Waals surface area contributed by atoms with Crippen LogP contribution < -0.4 is 25.9 Å². The van der Waals surface area contributed by atoms with Gasteiger partial charge in [0.15, 0.2) is 0 Å². The second-order valence-electron chi connectivity index (χ2n) is 8.53. The van der Waals surface area contributed by atoms with Gasteiger partial charge >= 0.3 is 11.8 Å². The maximum atomic E-state index is 12.2. The standard InChI is InChI=1S/C27H26N8O6S/c1-4-28-26(36)33-21-11-17(25-32-20(14-42-25)16-6-5-7-29-23(16)40-9-8-38-2)19(13-30-21)15-10-18(22(39-3)31-12-15)24-34-35-27(37)41-24/h5-7,10-14H,4,8-9H2,1-3H3,(H,35,37)(H2,28,30,33,36). The molecule has 0 saturated carbocycles. The van der Waals surface area contributed by atoms with Gasteiger partial charge < -0.3 is 23.9 Å². The highest BCUT2D eigenvalue weighted by Crippen LogP contribution is 2.39. The van der Waals surface area contributed by atoms with Gasteiger partial charge in [0.2, 0.25) is 11.8 Å². The fraction of sp³-hybridized carbons (Fsp3) is 0.222. The van der Waals surface area contributed by atoms with E-state index in [0.29, 0.717) is 70.0 Å². The van der Waals surface area contributed by atoms with Crippen molar-refractivity contribution in [2.45, 2.75) is 6.92 Å². The number of anilines is 1. The summed E-state index contributed by atoms with van der Waals surface area (Å²) in [6, 6.07) is 6.74. The van der Waals surface area contributed by atoms with Gasteiger partial charge in [0.1, 0.15) is 23.0 Å². The molecule has 0 aliphatic heterocycles. The number of thiazole rings is 1. The quantitative estimate of drug-likeness (QED) is 0.190. The highest BCUT2D eigenvalue weighted by molar-refractivity contribution is 7.13. The summed E-state index contributed by atoms with van der Waals surface area (Å²) in [5.74, 6) is 0.277. The number of carbonyl (C=O) groups excluding carboxylic acids is 1. The third-order valence-electron chi connectivity index (χ3n) is 5.81. The van der Waals surface area contributed by atoms with Crippen molar-refractivity contribution in [2.24, 2.45) is 0 Å². The van der Waals surface area contributed by atoms with E-state index in [-0.39, 0.29) is 11.8 Å². The molecule has 3 N–H and O–H groups in total. The van der Waals surface area contributed by atoms with Crippen molar-refractivity contribution < 1.29 is 23.4 Å². The topological polar surface area (TPSA) is 179 Å². The second-order valence-corrected chi connectivity index (χ2v) is 9.39. The molecule has 5 aromatic rings. The molecule has 5 aromatic heterocycles. The number of nitrogens with zero attached hydrogens (tertiary/aromatic N) is 5. The summed E-state index contributed by atoms with van der Waals surface area (Å²) in [5, 5.41) is 14.1. The molecule has 42 heavy (non-hydrogen) atoms. The van der Waals surface area contributed by atoms with Crippen LogP contribution in [0.2, 0.25) is 0 Å². The zero-order valence-corrected chi connectivity index (χ0v) is 23.7. The third kappa shape index (κ3) is 6.26. The van der Waals surface area contributed by atoms with Gasteiger partial charge in [0.25, 0.3) is 5.89 Å². The molecule has 14 nitrogen and oxygen atoms in total. The molecule has 5 heterocycles. The van der Waals surface area contributed by atoms with Crippen LogP contribution in [-0.2, 0) is 4.74 Å². The van der Waals surface area contributed by atoms with Crippen molar-refractivity contribution in [2.75, 3.05) is 39.3 Å². The Labute approximate surface area is 243 Å². The summed E-state index contributed by atoms with van der Waals surface area (Å²) in [4.78, 5) is 42.0. The molecule has 2 amide bonds. The van der Waals surface area contributed by atoms with Gasteiger partial charge in [0.05, 0.1) is 25.0 Å². The monoisotopic (exact) mass is 590 g/mol. The van der Waals surface area contributed by atoms with E-state index in [0.717, 1.165) is 0 Å². The number of aromatic amines is 1. The van der Waals surface area contributed by atoms with Crippen LogP contribution in [0.25, 0.3) is 44.4 Å². The van der Waals surface area contributed by atoms with Gasteiger partial charge in [-0.3, -0.25) is 5.32 Å². The molecule has 0 spiro atoms. The van der Waals surface area contributed by atoms with Crippen LogP contribution in [0.5, 0.6) is 11.8 Å². The van der Waals surface area contributed by atoms with Gasteiger partial charge in [-0.1, -0.05) is 0 Å². The minimum absolute atomic E-state index is 0.0179. The number of hydrogen-bond donors (Lipinski definition) is 3. The van der Waals surface area contributed by atoms with E-state index in [1.165, 1.54) is 18.4 Å². The molecule has 0 aliphatic carbocycles. The van der Waals surface area contributed by atoms with Crippen molar-refractivity contribution in [3.63, 3.8) is 0 Å². The Kier molecular flexibility index (Phi) is 8.79. The fourth-order valence-corrected chi connectivity index (χ4v) is 4.81. The zero-order valence-electron chi connectivity index (χ0n) is 22.8. The Morgan fingerprint density at radius 3 is 2.69 bits per heavy atom. The van der Waals surface area contributed by atoms with Crippen molar-refractivity contribution in [3.8, 4) is 56.2 Å². The molecule has 0 atom stereocenters. The SMILES string of the molecule is CCNC(=O)Nc1cc(-c2nc(-c3cccnc3OCCOC)cs2)c(-c2cnc(OC)c(-c3n[nH]c(=O)o3)c2)cn1. The predicted octanol–water partition coefficient (Wildman–Crippen LogP) is 3.85. The molecule has 0 aromatic carbocycles. The number of pyridine rings is 3. The van der Waals surface area contributed by atoms with Crippen molar-refractivity contribution in [1.82, 2.24) is 35.5 Å². The molecular weight excluding hydrogens is 564 g/mol. The molecular formula is C27H26N8O6S. The summed E-state index contributed by atoms with van der Waals surface area (Å²) >= 11 is 1.40. The molecule has 15 heteroatoms. The summed E-state index contributed by atoms with van der Waals surface area (Å²) in [6.07, 6.45) is 4.85. The van der Waals surface area contributed by atoms with Crippen LogP contribution >= 0.6 is 11.3 Å². The largest absolute Gasteiger partial charge is 0.480 e. The van der Waals surface area contributed by atoms with E-state index >= 15 is 0 Å². The first-order valence-corrected chi connectivity index (χ1v) is 13.6. The van der Waals surface area contributed by atoms with E-state index in [1.807, 2.05) is 24.4 Å². The highest BCUT2D eigenvalue weighted by Gasteiger charge is 2.20. The number of H-pyrrole nitrogens is 1. The van der Waals surface area contributed by atoms with E-state index < -0.39 is 11.8 Å². The lowest BCUT2D eigenvalue weighted by Crippen LogP contribution is -2.28. The first kappa shape index (κ1) is 28.4. The Balaban J connectivity index is 1.60. The van der Waals surface area contributed by atoms with Gasteiger partial charge in [-0.05, 0) is 31.2 Å². The molecule has 0 fully saturated rings. The zero-order chi connectivity index (χ0) is 29.5. The van der Waals surface area contributed by atoms with Gasteiger partial charge in [-0.25, -0.2) is 34.6 Å². The van der Waals surface area contributed by atoms with Gasteiger partial charge in [0, 0.05) is 54.3 Å². The molecule has 0 bridgehead atoms. The van der Waals surface area contributed by atoms with Crippen molar-refractivity contribution >= 4 is 23.2 Å². The van der Waals surface area contributed by atoms with E-state index in [2.05, 4.69) is 35.8 Å². The number of nitrogens with one attached hydrogen (secondary N) is 3. The van der Waals surface area contributed by atoms with Crippen LogP contribution in [0.4, 0.5) is 10.6 Å². The number of rotatable bonds is 11. The molecule has 5 rings (SSSR count). The molecule has 0 unspecified atom stereocenters. The number of ether oxygens (including phenoxy) is 3. The lowest BCUT2D eigenvalue weighted by molar-refractivity contribution is 0.144. The highest BCUT2D eigenvalue weighted by atomic mass is 32.1. The second kappa shape index (κ2) is 13.0. The van der Waals surface area contributed by atoms with E-state index in [1.54, 1.807) is 37.8 Å². The maximum absolute atomic E-state index is 12.2. The maximum Gasteiger partial charge on any atom is 0.434 e. The Morgan fingerprint density at radius 2 is 1.93 bits per heavy atom. The normalized spacial score (nSPS) is 10.8. The number of urea groups is 1. The number of aromatic nitrogens is 6. The number of amides is 2.